The molecule has 1 N–H and O–H groups in total. The second-order valence-electron chi connectivity index (χ2n) is 5.57. The Kier molecular flexibility index (Phi) is 5.11. The molecule has 126 valence electrons. The SMILES string of the molecule is COc1ccc(N(c2ccc(C=O)cc2)c2ccc(CO)cc2)cc1. The van der Waals surface area contributed by atoms with Crippen LogP contribution in [0.4, 0.5) is 17.1 Å². The van der Waals surface area contributed by atoms with E-state index in [1.807, 2.05) is 60.7 Å². The summed E-state index contributed by atoms with van der Waals surface area (Å²) in [6.45, 7) is 0.0108. The Balaban J connectivity index is 2.06. The molecule has 0 heterocycles. The predicted molar refractivity (Wildman–Crippen MR) is 99.0 cm³/mol. The van der Waals surface area contributed by atoms with Crippen molar-refractivity contribution in [1.29, 1.82) is 0 Å². The minimum atomic E-state index is 0.0108. The number of benzene rings is 3. The van der Waals surface area contributed by atoms with Crippen molar-refractivity contribution in [2.24, 2.45) is 0 Å². The van der Waals surface area contributed by atoms with E-state index in [1.54, 1.807) is 19.2 Å². The third kappa shape index (κ3) is 3.70. The normalized spacial score (nSPS) is 10.3. The zero-order chi connectivity index (χ0) is 17.6. The fourth-order valence-electron chi connectivity index (χ4n) is 2.63. The molecule has 0 saturated carbocycles. The lowest BCUT2D eigenvalue weighted by molar-refractivity contribution is 0.112. The topological polar surface area (TPSA) is 49.8 Å². The number of rotatable bonds is 6. The van der Waals surface area contributed by atoms with E-state index in [0.29, 0.717) is 5.56 Å². The molecule has 0 atom stereocenters. The average Bonchev–Trinajstić information content (AvgIpc) is 2.70. The second kappa shape index (κ2) is 7.64. The highest BCUT2D eigenvalue weighted by Gasteiger charge is 2.12. The van der Waals surface area contributed by atoms with Gasteiger partial charge >= 0.3 is 0 Å². The van der Waals surface area contributed by atoms with Gasteiger partial charge < -0.3 is 14.7 Å². The molecule has 0 unspecified atom stereocenters. The highest BCUT2D eigenvalue weighted by molar-refractivity contribution is 5.80. The molecule has 0 fully saturated rings. The van der Waals surface area contributed by atoms with E-state index in [2.05, 4.69) is 4.90 Å². The summed E-state index contributed by atoms with van der Waals surface area (Å²) < 4.78 is 5.24. The van der Waals surface area contributed by atoms with Crippen LogP contribution in [0.1, 0.15) is 15.9 Å². The Labute approximate surface area is 146 Å². The number of aliphatic hydroxyl groups is 1. The van der Waals surface area contributed by atoms with Gasteiger partial charge in [-0.15, -0.1) is 0 Å². The largest absolute Gasteiger partial charge is 0.497 e. The number of hydrogen-bond donors (Lipinski definition) is 1. The summed E-state index contributed by atoms with van der Waals surface area (Å²) in [6, 6.07) is 22.9. The van der Waals surface area contributed by atoms with Gasteiger partial charge in [-0.25, -0.2) is 0 Å². The first kappa shape index (κ1) is 16.7. The molecule has 0 radical (unpaired) electrons. The monoisotopic (exact) mass is 333 g/mol. The van der Waals surface area contributed by atoms with E-state index in [-0.39, 0.29) is 6.61 Å². The molecule has 3 aromatic rings. The minimum Gasteiger partial charge on any atom is -0.497 e. The van der Waals surface area contributed by atoms with Gasteiger partial charge in [0.2, 0.25) is 0 Å². The van der Waals surface area contributed by atoms with E-state index < -0.39 is 0 Å². The number of nitrogens with zero attached hydrogens (tertiary/aromatic N) is 1. The van der Waals surface area contributed by atoms with Crippen molar-refractivity contribution in [3.63, 3.8) is 0 Å². The van der Waals surface area contributed by atoms with Crippen molar-refractivity contribution < 1.29 is 14.6 Å². The average molecular weight is 333 g/mol. The van der Waals surface area contributed by atoms with Crippen LogP contribution >= 0.6 is 0 Å². The van der Waals surface area contributed by atoms with Crippen molar-refractivity contribution >= 4 is 23.3 Å². The van der Waals surface area contributed by atoms with Crippen molar-refractivity contribution in [2.75, 3.05) is 12.0 Å². The van der Waals surface area contributed by atoms with Gasteiger partial charge in [-0.05, 0) is 66.2 Å². The summed E-state index contributed by atoms with van der Waals surface area (Å²) in [6.07, 6.45) is 0.831. The molecule has 0 aliphatic heterocycles. The first-order chi connectivity index (χ1) is 12.2. The molecule has 3 aromatic carbocycles. The Hall–Kier alpha value is -3.11. The molecular formula is C21H19NO3. The van der Waals surface area contributed by atoms with Gasteiger partial charge in [-0.3, -0.25) is 4.79 Å². The maximum absolute atomic E-state index is 10.9. The number of carbonyl (C=O) groups excluding carboxylic acids is 1. The lowest BCUT2D eigenvalue weighted by Crippen LogP contribution is -2.10. The molecule has 0 aliphatic rings. The Morgan fingerprint density at radius 1 is 0.840 bits per heavy atom. The summed E-state index contributed by atoms with van der Waals surface area (Å²) in [5.74, 6) is 0.788. The maximum Gasteiger partial charge on any atom is 0.150 e. The highest BCUT2D eigenvalue weighted by Crippen LogP contribution is 2.35. The Morgan fingerprint density at radius 3 is 1.76 bits per heavy atom. The highest BCUT2D eigenvalue weighted by atomic mass is 16.5. The summed E-state index contributed by atoms with van der Waals surface area (Å²) in [4.78, 5) is 13.0. The smallest absolute Gasteiger partial charge is 0.150 e. The van der Waals surface area contributed by atoms with E-state index in [0.717, 1.165) is 34.7 Å². The Morgan fingerprint density at radius 2 is 1.32 bits per heavy atom. The molecule has 0 aliphatic carbocycles. The zero-order valence-corrected chi connectivity index (χ0v) is 13.9. The quantitative estimate of drug-likeness (QED) is 0.676. The molecule has 25 heavy (non-hydrogen) atoms. The van der Waals surface area contributed by atoms with Crippen molar-refractivity contribution in [3.05, 3.63) is 83.9 Å². The number of ether oxygens (including phenoxy) is 1. The lowest BCUT2D eigenvalue weighted by Gasteiger charge is -2.25. The fourth-order valence-corrected chi connectivity index (χ4v) is 2.63. The van der Waals surface area contributed by atoms with Crippen LogP contribution in [0, 0.1) is 0 Å². The van der Waals surface area contributed by atoms with Crippen molar-refractivity contribution in [3.8, 4) is 5.75 Å². The standard InChI is InChI=1S/C21H19NO3/c1-25-21-12-10-20(11-13-21)22(18-6-2-16(14-23)3-7-18)19-8-4-17(15-24)5-9-19/h2-14,24H,15H2,1H3. The third-order valence-corrected chi connectivity index (χ3v) is 4.00. The molecular weight excluding hydrogens is 314 g/mol. The maximum atomic E-state index is 10.9. The minimum absolute atomic E-state index is 0.0108. The van der Waals surface area contributed by atoms with Crippen LogP contribution < -0.4 is 9.64 Å². The van der Waals surface area contributed by atoms with Crippen LogP contribution in [0.3, 0.4) is 0 Å². The summed E-state index contributed by atoms with van der Waals surface area (Å²) in [5.41, 5.74) is 4.36. The van der Waals surface area contributed by atoms with E-state index in [1.165, 1.54) is 0 Å². The number of aldehydes is 1. The zero-order valence-electron chi connectivity index (χ0n) is 13.9. The number of carbonyl (C=O) groups is 1. The third-order valence-electron chi connectivity index (χ3n) is 4.00. The first-order valence-corrected chi connectivity index (χ1v) is 7.94. The fraction of sp³-hybridized carbons (Fsp3) is 0.0952. The van der Waals surface area contributed by atoms with Crippen LogP contribution in [0.25, 0.3) is 0 Å². The van der Waals surface area contributed by atoms with Crippen LogP contribution in [0.5, 0.6) is 5.75 Å². The number of hydrogen-bond acceptors (Lipinski definition) is 4. The van der Waals surface area contributed by atoms with Crippen molar-refractivity contribution in [1.82, 2.24) is 0 Å². The summed E-state index contributed by atoms with van der Waals surface area (Å²) >= 11 is 0. The van der Waals surface area contributed by atoms with Crippen LogP contribution in [0.15, 0.2) is 72.8 Å². The van der Waals surface area contributed by atoms with Crippen LogP contribution in [-0.2, 0) is 6.61 Å². The first-order valence-electron chi connectivity index (χ1n) is 7.94. The van der Waals surface area contributed by atoms with Gasteiger partial charge in [0.1, 0.15) is 12.0 Å². The van der Waals surface area contributed by atoms with Gasteiger partial charge in [0.25, 0.3) is 0 Å². The molecule has 0 aromatic heterocycles. The van der Waals surface area contributed by atoms with Crippen molar-refractivity contribution in [2.45, 2.75) is 6.61 Å². The predicted octanol–water partition coefficient (Wildman–Crippen LogP) is 4.47. The molecule has 4 heteroatoms. The number of methoxy groups -OCH3 is 1. The van der Waals surface area contributed by atoms with Gasteiger partial charge in [0, 0.05) is 22.6 Å². The number of aliphatic hydroxyl groups excluding tert-OH is 1. The molecule has 0 spiro atoms. The van der Waals surface area contributed by atoms with Crippen LogP contribution in [-0.4, -0.2) is 18.5 Å². The summed E-state index contributed by atoms with van der Waals surface area (Å²) in [5, 5.41) is 9.26. The lowest BCUT2D eigenvalue weighted by atomic mass is 10.1. The second-order valence-corrected chi connectivity index (χ2v) is 5.57. The van der Waals surface area contributed by atoms with Gasteiger partial charge in [0.05, 0.1) is 13.7 Å². The number of anilines is 3. The molecule has 3 rings (SSSR count). The van der Waals surface area contributed by atoms with E-state index in [9.17, 15) is 9.90 Å². The van der Waals surface area contributed by atoms with Gasteiger partial charge in [-0.1, -0.05) is 12.1 Å². The Bertz CT molecular complexity index is 777. The summed E-state index contributed by atoms with van der Waals surface area (Å²) in [7, 11) is 1.64. The molecule has 0 bridgehead atoms. The van der Waals surface area contributed by atoms with Crippen LogP contribution in [0.2, 0.25) is 0 Å². The van der Waals surface area contributed by atoms with Gasteiger partial charge in [0.15, 0.2) is 0 Å². The van der Waals surface area contributed by atoms with Gasteiger partial charge in [-0.2, -0.15) is 0 Å². The van der Waals surface area contributed by atoms with E-state index in [4.69, 9.17) is 4.74 Å². The molecule has 0 amide bonds. The molecule has 4 nitrogen and oxygen atoms in total. The van der Waals surface area contributed by atoms with E-state index >= 15 is 0 Å². The molecule has 0 saturated heterocycles.